The molecular weight excluding hydrogens is 509 g/mol. The molecule has 35 heavy (non-hydrogen) atoms. The number of halogens is 3. The number of ketones is 1. The van der Waals surface area contributed by atoms with Crippen molar-refractivity contribution in [2.24, 2.45) is 16.9 Å². The Kier molecular flexibility index (Phi) is 5.22. The summed E-state index contributed by atoms with van der Waals surface area (Å²) in [6.07, 6.45) is 1.66. The van der Waals surface area contributed by atoms with Crippen LogP contribution in [0.4, 0.5) is 5.69 Å². The largest absolute Gasteiger partial charge is 0.292 e. The highest BCUT2D eigenvalue weighted by atomic mass is 35.5. The first-order chi connectivity index (χ1) is 16.9. The standard InChI is InChI=1S/C26H16Cl3N3O3/c27-15-7-5-13(6-8-15)24(33)23-21-20(22-17-4-2-1-3-14(17)12-30-32(22)23)25(34)31(26(21)35)19-10-9-16(28)11-18(19)29/h1-12,20-23H/t20-,21+,22?,23-/m0/s1. The first kappa shape index (κ1) is 22.3. The van der Waals surface area contributed by atoms with Crippen LogP contribution in [-0.4, -0.2) is 34.9 Å². The maximum Gasteiger partial charge on any atom is 0.240 e. The van der Waals surface area contributed by atoms with Gasteiger partial charge in [0.15, 0.2) is 5.78 Å². The Morgan fingerprint density at radius 2 is 1.51 bits per heavy atom. The monoisotopic (exact) mass is 523 g/mol. The minimum absolute atomic E-state index is 0.179. The number of carbonyl (C=O) groups is 3. The fourth-order valence-electron chi connectivity index (χ4n) is 5.35. The number of benzene rings is 3. The maximum atomic E-state index is 13.9. The van der Waals surface area contributed by atoms with Crippen LogP contribution >= 0.6 is 34.8 Å². The van der Waals surface area contributed by atoms with Gasteiger partial charge in [0.2, 0.25) is 11.8 Å². The number of anilines is 1. The highest BCUT2D eigenvalue weighted by Crippen LogP contribution is 2.53. The molecular formula is C26H16Cl3N3O3. The zero-order chi connectivity index (χ0) is 24.4. The highest BCUT2D eigenvalue weighted by molar-refractivity contribution is 6.38. The molecule has 4 atom stereocenters. The molecule has 0 N–H and O–H groups in total. The average Bonchev–Trinajstić information content (AvgIpc) is 3.32. The van der Waals surface area contributed by atoms with E-state index in [-0.39, 0.29) is 16.5 Å². The molecule has 3 aromatic carbocycles. The van der Waals surface area contributed by atoms with E-state index < -0.39 is 35.7 Å². The van der Waals surface area contributed by atoms with Gasteiger partial charge in [-0.15, -0.1) is 0 Å². The number of amides is 2. The number of hydrogen-bond donors (Lipinski definition) is 0. The average molecular weight is 525 g/mol. The third-order valence-corrected chi connectivity index (χ3v) is 7.63. The molecule has 174 valence electrons. The SMILES string of the molecule is O=C(c1ccc(Cl)cc1)[C@@H]1[C@@H]2C(=O)N(c3ccc(Cl)cc3Cl)C(=O)[C@@H]2C2c3ccccc3C=NN21. The summed E-state index contributed by atoms with van der Waals surface area (Å²) in [7, 11) is 0. The Morgan fingerprint density at radius 3 is 2.26 bits per heavy atom. The van der Waals surface area contributed by atoms with Gasteiger partial charge in [-0.1, -0.05) is 59.1 Å². The summed E-state index contributed by atoms with van der Waals surface area (Å²) in [4.78, 5) is 42.6. The summed E-state index contributed by atoms with van der Waals surface area (Å²) in [5.41, 5.74) is 2.32. The van der Waals surface area contributed by atoms with Gasteiger partial charge in [0.05, 0.1) is 34.8 Å². The number of Topliss-reactive ketones (excluding diaryl/α,β-unsaturated/α-hetero) is 1. The van der Waals surface area contributed by atoms with Crippen LogP contribution in [-0.2, 0) is 9.59 Å². The van der Waals surface area contributed by atoms with Crippen LogP contribution in [0.3, 0.4) is 0 Å². The molecule has 0 radical (unpaired) electrons. The van der Waals surface area contributed by atoms with E-state index in [0.29, 0.717) is 15.6 Å². The van der Waals surface area contributed by atoms with E-state index in [2.05, 4.69) is 5.10 Å². The molecule has 0 bridgehead atoms. The van der Waals surface area contributed by atoms with Crippen molar-refractivity contribution in [3.05, 3.63) is 98.5 Å². The second-order valence-electron chi connectivity index (χ2n) is 8.67. The summed E-state index contributed by atoms with van der Waals surface area (Å²) in [6, 6.07) is 17.1. The van der Waals surface area contributed by atoms with Crippen molar-refractivity contribution in [1.82, 2.24) is 5.01 Å². The Bertz CT molecular complexity index is 1440. The summed E-state index contributed by atoms with van der Waals surface area (Å²) in [5, 5.41) is 7.22. The van der Waals surface area contributed by atoms with E-state index in [4.69, 9.17) is 34.8 Å². The van der Waals surface area contributed by atoms with Crippen molar-refractivity contribution in [2.45, 2.75) is 12.1 Å². The van der Waals surface area contributed by atoms with Crippen LogP contribution in [0.2, 0.25) is 15.1 Å². The fourth-order valence-corrected chi connectivity index (χ4v) is 5.97. The number of carbonyl (C=O) groups excluding carboxylic acids is 3. The van der Waals surface area contributed by atoms with Gasteiger partial charge in [0.25, 0.3) is 0 Å². The third kappa shape index (κ3) is 3.32. The zero-order valence-electron chi connectivity index (χ0n) is 17.9. The molecule has 0 aliphatic carbocycles. The lowest BCUT2D eigenvalue weighted by Crippen LogP contribution is -2.44. The molecule has 2 amide bonds. The van der Waals surface area contributed by atoms with Crippen LogP contribution in [0.25, 0.3) is 0 Å². The van der Waals surface area contributed by atoms with Crippen LogP contribution in [0.15, 0.2) is 71.8 Å². The molecule has 0 aromatic heterocycles. The molecule has 3 heterocycles. The van der Waals surface area contributed by atoms with Crippen molar-refractivity contribution in [3.63, 3.8) is 0 Å². The van der Waals surface area contributed by atoms with Crippen LogP contribution in [0.1, 0.15) is 27.5 Å². The van der Waals surface area contributed by atoms with E-state index in [1.54, 1.807) is 47.6 Å². The Balaban J connectivity index is 1.50. The molecule has 1 unspecified atom stereocenters. The Labute approximate surface area is 215 Å². The first-order valence-electron chi connectivity index (χ1n) is 10.9. The minimum atomic E-state index is -0.969. The number of nitrogens with zero attached hydrogens (tertiary/aromatic N) is 3. The van der Waals surface area contributed by atoms with Crippen molar-refractivity contribution < 1.29 is 14.4 Å². The minimum Gasteiger partial charge on any atom is -0.292 e. The van der Waals surface area contributed by atoms with Gasteiger partial charge in [-0.2, -0.15) is 5.10 Å². The van der Waals surface area contributed by atoms with Gasteiger partial charge >= 0.3 is 0 Å². The summed E-state index contributed by atoms with van der Waals surface area (Å²) < 4.78 is 0. The smallest absolute Gasteiger partial charge is 0.240 e. The van der Waals surface area contributed by atoms with E-state index in [9.17, 15) is 14.4 Å². The van der Waals surface area contributed by atoms with Gasteiger partial charge < -0.3 is 0 Å². The van der Waals surface area contributed by atoms with Crippen LogP contribution < -0.4 is 4.90 Å². The lowest BCUT2D eigenvalue weighted by Gasteiger charge is -2.33. The molecule has 6 nitrogen and oxygen atoms in total. The van der Waals surface area contributed by atoms with Crippen molar-refractivity contribution in [1.29, 1.82) is 0 Å². The molecule has 9 heteroatoms. The van der Waals surface area contributed by atoms with Crippen LogP contribution in [0.5, 0.6) is 0 Å². The second-order valence-corrected chi connectivity index (χ2v) is 9.95. The van der Waals surface area contributed by atoms with Gasteiger partial charge in [0.1, 0.15) is 6.04 Å². The van der Waals surface area contributed by atoms with Crippen molar-refractivity contribution >= 4 is 64.3 Å². The first-order valence-corrected chi connectivity index (χ1v) is 12.0. The van der Waals surface area contributed by atoms with E-state index in [1.807, 2.05) is 24.3 Å². The predicted octanol–water partition coefficient (Wildman–Crippen LogP) is 5.41. The molecule has 2 fully saturated rings. The Morgan fingerprint density at radius 1 is 0.829 bits per heavy atom. The third-order valence-electron chi connectivity index (χ3n) is 6.84. The zero-order valence-corrected chi connectivity index (χ0v) is 20.2. The number of hydrazone groups is 1. The normalized spacial score (nSPS) is 24.4. The predicted molar refractivity (Wildman–Crippen MR) is 134 cm³/mol. The van der Waals surface area contributed by atoms with Gasteiger partial charge in [0, 0.05) is 15.6 Å². The van der Waals surface area contributed by atoms with E-state index in [0.717, 1.165) is 16.0 Å². The lowest BCUT2D eigenvalue weighted by atomic mass is 9.83. The lowest BCUT2D eigenvalue weighted by molar-refractivity contribution is -0.124. The van der Waals surface area contributed by atoms with Gasteiger partial charge in [-0.3, -0.25) is 19.4 Å². The molecule has 0 spiro atoms. The van der Waals surface area contributed by atoms with Crippen molar-refractivity contribution in [2.75, 3.05) is 4.90 Å². The van der Waals surface area contributed by atoms with E-state index in [1.165, 1.54) is 6.07 Å². The molecule has 3 aromatic rings. The highest BCUT2D eigenvalue weighted by Gasteiger charge is 2.65. The topological polar surface area (TPSA) is 70.0 Å². The Hall–Kier alpha value is -3.19. The maximum absolute atomic E-state index is 13.9. The molecule has 6 rings (SSSR count). The van der Waals surface area contributed by atoms with Gasteiger partial charge in [-0.25, -0.2) is 4.90 Å². The number of hydrogen-bond acceptors (Lipinski definition) is 5. The summed E-state index contributed by atoms with van der Waals surface area (Å²) in [5.74, 6) is -2.96. The molecule has 3 aliphatic heterocycles. The number of imide groups is 1. The number of rotatable bonds is 3. The van der Waals surface area contributed by atoms with E-state index >= 15 is 0 Å². The number of fused-ring (bicyclic) bond motifs is 5. The second kappa shape index (κ2) is 8.19. The van der Waals surface area contributed by atoms with Crippen molar-refractivity contribution in [3.8, 4) is 0 Å². The molecule has 2 saturated heterocycles. The summed E-state index contributed by atoms with van der Waals surface area (Å²) in [6.45, 7) is 0. The summed E-state index contributed by atoms with van der Waals surface area (Å²) >= 11 is 18.4. The molecule has 3 aliphatic rings. The molecule has 0 saturated carbocycles. The fraction of sp³-hybridized carbons (Fsp3) is 0.154. The van der Waals surface area contributed by atoms with Crippen LogP contribution in [0, 0.1) is 11.8 Å². The van der Waals surface area contributed by atoms with Gasteiger partial charge in [-0.05, 0) is 53.6 Å². The quantitative estimate of drug-likeness (QED) is 0.339.